The summed E-state index contributed by atoms with van der Waals surface area (Å²) in [5, 5.41) is 0. The Labute approximate surface area is 94.4 Å². The normalized spacial score (nSPS) is 15.4. The van der Waals surface area contributed by atoms with Crippen molar-refractivity contribution in [1.29, 1.82) is 0 Å². The molecule has 2 atom stereocenters. The highest BCUT2D eigenvalue weighted by molar-refractivity contribution is 7.16. The molecular formula is C10H17ClN2S. The third-order valence-electron chi connectivity index (χ3n) is 2.39. The van der Waals surface area contributed by atoms with Gasteiger partial charge in [-0.2, -0.15) is 0 Å². The standard InChI is InChI=1S/C10H17ClN2S/c1-3-4-7(2)10(13-12)8-5-6-9(11)14-8/h5-7,10,13H,3-4,12H2,1-2H3. The van der Waals surface area contributed by atoms with Gasteiger partial charge in [0.2, 0.25) is 0 Å². The summed E-state index contributed by atoms with van der Waals surface area (Å²) >= 11 is 7.49. The van der Waals surface area contributed by atoms with Gasteiger partial charge in [-0.25, -0.2) is 0 Å². The fourth-order valence-electron chi connectivity index (χ4n) is 1.64. The molecule has 0 spiro atoms. The van der Waals surface area contributed by atoms with E-state index in [4.69, 9.17) is 17.4 Å². The minimum absolute atomic E-state index is 0.229. The third kappa shape index (κ3) is 2.95. The van der Waals surface area contributed by atoms with Crippen molar-refractivity contribution in [3.63, 3.8) is 0 Å². The van der Waals surface area contributed by atoms with E-state index in [2.05, 4.69) is 19.3 Å². The Balaban J connectivity index is 2.71. The molecule has 0 aromatic carbocycles. The Morgan fingerprint density at radius 1 is 1.57 bits per heavy atom. The molecule has 14 heavy (non-hydrogen) atoms. The molecule has 3 N–H and O–H groups in total. The number of thiophene rings is 1. The molecule has 0 saturated carbocycles. The number of nitrogens with two attached hydrogens (primary N) is 1. The second-order valence-corrected chi connectivity index (χ2v) is 5.30. The van der Waals surface area contributed by atoms with Crippen LogP contribution in [0.1, 0.15) is 37.6 Å². The Morgan fingerprint density at radius 2 is 2.29 bits per heavy atom. The van der Waals surface area contributed by atoms with Gasteiger partial charge in [0.15, 0.2) is 0 Å². The van der Waals surface area contributed by atoms with Crippen LogP contribution in [0, 0.1) is 5.92 Å². The van der Waals surface area contributed by atoms with Crippen LogP contribution >= 0.6 is 22.9 Å². The highest BCUT2D eigenvalue weighted by Crippen LogP contribution is 2.32. The molecule has 80 valence electrons. The average Bonchev–Trinajstić information content (AvgIpc) is 2.54. The zero-order chi connectivity index (χ0) is 10.6. The average molecular weight is 233 g/mol. The first-order valence-electron chi connectivity index (χ1n) is 4.90. The van der Waals surface area contributed by atoms with Crippen molar-refractivity contribution >= 4 is 22.9 Å². The van der Waals surface area contributed by atoms with Crippen molar-refractivity contribution < 1.29 is 0 Å². The van der Waals surface area contributed by atoms with E-state index in [1.165, 1.54) is 17.7 Å². The Morgan fingerprint density at radius 3 is 2.71 bits per heavy atom. The Bertz CT molecular complexity index is 275. The quantitative estimate of drug-likeness (QED) is 0.604. The van der Waals surface area contributed by atoms with E-state index in [0.717, 1.165) is 4.34 Å². The number of halogens is 1. The van der Waals surface area contributed by atoms with Gasteiger partial charge < -0.3 is 0 Å². The van der Waals surface area contributed by atoms with Crippen molar-refractivity contribution in [2.75, 3.05) is 0 Å². The molecule has 1 heterocycles. The lowest BCUT2D eigenvalue weighted by molar-refractivity contribution is 0.373. The van der Waals surface area contributed by atoms with E-state index in [-0.39, 0.29) is 6.04 Å². The number of hydrazine groups is 1. The zero-order valence-electron chi connectivity index (χ0n) is 8.59. The molecule has 0 aliphatic rings. The summed E-state index contributed by atoms with van der Waals surface area (Å²) in [6.07, 6.45) is 2.35. The summed E-state index contributed by atoms with van der Waals surface area (Å²) in [4.78, 5) is 1.22. The number of rotatable bonds is 5. The summed E-state index contributed by atoms with van der Waals surface area (Å²) in [5.74, 6) is 6.10. The summed E-state index contributed by atoms with van der Waals surface area (Å²) in [5.41, 5.74) is 2.87. The van der Waals surface area contributed by atoms with E-state index in [9.17, 15) is 0 Å². The first-order valence-corrected chi connectivity index (χ1v) is 6.09. The molecule has 0 bridgehead atoms. The third-order valence-corrected chi connectivity index (χ3v) is 3.71. The molecule has 2 unspecified atom stereocenters. The van der Waals surface area contributed by atoms with Crippen LogP contribution in [-0.2, 0) is 0 Å². The minimum atomic E-state index is 0.229. The van der Waals surface area contributed by atoms with Crippen LogP contribution in [0.3, 0.4) is 0 Å². The van der Waals surface area contributed by atoms with Crippen LogP contribution < -0.4 is 11.3 Å². The highest BCUT2D eigenvalue weighted by atomic mass is 35.5. The smallest absolute Gasteiger partial charge is 0.0931 e. The van der Waals surface area contributed by atoms with Crippen molar-refractivity contribution in [2.24, 2.45) is 11.8 Å². The first kappa shape index (κ1) is 12.0. The summed E-state index contributed by atoms with van der Waals surface area (Å²) in [6, 6.07) is 4.20. The molecule has 0 fully saturated rings. The van der Waals surface area contributed by atoms with Gasteiger partial charge in [-0.3, -0.25) is 11.3 Å². The fraction of sp³-hybridized carbons (Fsp3) is 0.600. The van der Waals surface area contributed by atoms with Crippen LogP contribution in [0.25, 0.3) is 0 Å². The van der Waals surface area contributed by atoms with Crippen LogP contribution in [0.5, 0.6) is 0 Å². The largest absolute Gasteiger partial charge is 0.271 e. The van der Waals surface area contributed by atoms with Crippen LogP contribution in [-0.4, -0.2) is 0 Å². The lowest BCUT2D eigenvalue weighted by Gasteiger charge is -2.21. The van der Waals surface area contributed by atoms with Crippen molar-refractivity contribution in [3.8, 4) is 0 Å². The van der Waals surface area contributed by atoms with E-state index in [0.29, 0.717) is 5.92 Å². The summed E-state index contributed by atoms with van der Waals surface area (Å²) in [6.45, 7) is 4.40. The highest BCUT2D eigenvalue weighted by Gasteiger charge is 2.18. The summed E-state index contributed by atoms with van der Waals surface area (Å²) < 4.78 is 0.823. The molecular weight excluding hydrogens is 216 g/mol. The fourth-order valence-corrected chi connectivity index (χ4v) is 2.90. The molecule has 0 saturated heterocycles. The van der Waals surface area contributed by atoms with Gasteiger partial charge >= 0.3 is 0 Å². The van der Waals surface area contributed by atoms with Gasteiger partial charge in [0.05, 0.1) is 10.4 Å². The van der Waals surface area contributed by atoms with Gasteiger partial charge in [-0.15, -0.1) is 11.3 Å². The lowest BCUT2D eigenvalue weighted by atomic mass is 9.96. The lowest BCUT2D eigenvalue weighted by Crippen LogP contribution is -2.31. The first-order chi connectivity index (χ1) is 6.69. The minimum Gasteiger partial charge on any atom is -0.271 e. The predicted molar refractivity (Wildman–Crippen MR) is 63.5 cm³/mol. The topological polar surface area (TPSA) is 38.0 Å². The predicted octanol–water partition coefficient (Wildman–Crippen LogP) is 3.34. The monoisotopic (exact) mass is 232 g/mol. The molecule has 4 heteroatoms. The molecule has 0 aliphatic carbocycles. The molecule has 0 amide bonds. The second kappa shape index (κ2) is 5.71. The van der Waals surface area contributed by atoms with Gasteiger partial charge in [0.25, 0.3) is 0 Å². The van der Waals surface area contributed by atoms with E-state index in [1.807, 2.05) is 12.1 Å². The molecule has 0 radical (unpaired) electrons. The Hall–Kier alpha value is -0.0900. The number of hydrogen-bond donors (Lipinski definition) is 2. The van der Waals surface area contributed by atoms with Gasteiger partial charge in [0.1, 0.15) is 0 Å². The second-order valence-electron chi connectivity index (χ2n) is 3.55. The van der Waals surface area contributed by atoms with E-state index >= 15 is 0 Å². The summed E-state index contributed by atoms with van der Waals surface area (Å²) in [7, 11) is 0. The van der Waals surface area contributed by atoms with Crippen molar-refractivity contribution in [3.05, 3.63) is 21.3 Å². The SMILES string of the molecule is CCCC(C)C(NN)c1ccc(Cl)s1. The van der Waals surface area contributed by atoms with Crippen molar-refractivity contribution in [2.45, 2.75) is 32.7 Å². The Kier molecular flexibility index (Phi) is 4.89. The van der Waals surface area contributed by atoms with Gasteiger partial charge in [-0.05, 0) is 24.5 Å². The van der Waals surface area contributed by atoms with Gasteiger partial charge in [0, 0.05) is 4.88 Å². The molecule has 2 nitrogen and oxygen atoms in total. The number of hydrogen-bond acceptors (Lipinski definition) is 3. The molecule has 0 aliphatic heterocycles. The van der Waals surface area contributed by atoms with Crippen molar-refractivity contribution in [1.82, 2.24) is 5.43 Å². The maximum Gasteiger partial charge on any atom is 0.0931 e. The van der Waals surface area contributed by atoms with Crippen LogP contribution in [0.4, 0.5) is 0 Å². The van der Waals surface area contributed by atoms with E-state index in [1.54, 1.807) is 11.3 Å². The molecule has 1 aromatic heterocycles. The zero-order valence-corrected chi connectivity index (χ0v) is 10.2. The maximum atomic E-state index is 5.89. The van der Waals surface area contributed by atoms with E-state index < -0.39 is 0 Å². The van der Waals surface area contributed by atoms with Crippen LogP contribution in [0.15, 0.2) is 12.1 Å². The molecule has 1 aromatic rings. The number of nitrogens with one attached hydrogen (secondary N) is 1. The van der Waals surface area contributed by atoms with Crippen LogP contribution in [0.2, 0.25) is 4.34 Å². The molecule has 1 rings (SSSR count). The van der Waals surface area contributed by atoms with Gasteiger partial charge in [-0.1, -0.05) is 31.9 Å². The maximum absolute atomic E-state index is 5.89.